The molecule has 10 heteroatoms. The lowest BCUT2D eigenvalue weighted by Crippen LogP contribution is -2.52. The molecular formula is C27H20BrN3O5S. The maximum atomic E-state index is 14.4. The molecule has 2 aliphatic heterocycles. The van der Waals surface area contributed by atoms with E-state index < -0.39 is 34.8 Å². The Morgan fingerprint density at radius 3 is 2.16 bits per heavy atom. The second-order valence-corrected chi connectivity index (χ2v) is 10.3. The number of aliphatic imine (C=N–C) groups is 1. The average Bonchev–Trinajstić information content (AvgIpc) is 3.30. The number of carbonyl (C=O) groups is 3. The lowest BCUT2D eigenvalue weighted by molar-refractivity contribution is -0.141. The van der Waals surface area contributed by atoms with Crippen LogP contribution in [-0.2, 0) is 14.4 Å². The number of benzene rings is 3. The molecule has 2 amide bonds. The lowest BCUT2D eigenvalue weighted by Gasteiger charge is -2.31. The van der Waals surface area contributed by atoms with Crippen molar-refractivity contribution in [3.05, 3.63) is 101 Å². The third-order valence-corrected chi connectivity index (χ3v) is 7.86. The second kappa shape index (κ2) is 9.97. The van der Waals surface area contributed by atoms with Crippen molar-refractivity contribution in [3.8, 4) is 0 Å². The van der Waals surface area contributed by atoms with Crippen molar-refractivity contribution in [1.82, 2.24) is 4.90 Å². The minimum Gasteiger partial charge on any atom is -0.507 e. The number of para-hydroxylation sites is 2. The van der Waals surface area contributed by atoms with Gasteiger partial charge in [-0.1, -0.05) is 64.5 Å². The van der Waals surface area contributed by atoms with E-state index in [0.717, 1.165) is 21.1 Å². The molecule has 8 nitrogen and oxygen atoms in total. The fourth-order valence-corrected chi connectivity index (χ4v) is 6.03. The molecule has 0 radical (unpaired) electrons. The largest absolute Gasteiger partial charge is 0.507 e. The van der Waals surface area contributed by atoms with E-state index in [1.54, 1.807) is 78.9 Å². The van der Waals surface area contributed by atoms with E-state index in [0.29, 0.717) is 11.4 Å². The minimum atomic E-state index is -1.96. The third-order valence-electron chi connectivity index (χ3n) is 5.98. The maximum Gasteiger partial charge on any atom is 0.296 e. The Morgan fingerprint density at radius 1 is 0.919 bits per heavy atom. The molecule has 2 saturated heterocycles. The summed E-state index contributed by atoms with van der Waals surface area (Å²) in [5.41, 5.74) is 0.938. The number of aliphatic hydroxyl groups is 2. The zero-order valence-corrected chi connectivity index (χ0v) is 21.6. The monoisotopic (exact) mass is 577 g/mol. The summed E-state index contributed by atoms with van der Waals surface area (Å²) in [6.45, 7) is -0.779. The van der Waals surface area contributed by atoms with Crippen LogP contribution in [0.2, 0.25) is 0 Å². The molecule has 2 aliphatic rings. The Labute approximate surface area is 225 Å². The van der Waals surface area contributed by atoms with Crippen molar-refractivity contribution in [2.75, 3.05) is 18.1 Å². The molecule has 2 N–H and O–H groups in total. The van der Waals surface area contributed by atoms with E-state index in [-0.39, 0.29) is 22.8 Å². The van der Waals surface area contributed by atoms with Crippen LogP contribution < -0.4 is 4.90 Å². The predicted molar refractivity (Wildman–Crippen MR) is 145 cm³/mol. The van der Waals surface area contributed by atoms with Gasteiger partial charge >= 0.3 is 0 Å². The van der Waals surface area contributed by atoms with Gasteiger partial charge in [-0.3, -0.25) is 19.3 Å². The Hall–Kier alpha value is -3.73. The number of halogens is 1. The first-order valence-electron chi connectivity index (χ1n) is 11.3. The third kappa shape index (κ3) is 4.16. The van der Waals surface area contributed by atoms with Crippen LogP contribution in [0, 0.1) is 0 Å². The van der Waals surface area contributed by atoms with Gasteiger partial charge in [0.05, 0.1) is 23.6 Å². The van der Waals surface area contributed by atoms with Crippen LogP contribution in [0.4, 0.5) is 11.4 Å². The van der Waals surface area contributed by atoms with Crippen molar-refractivity contribution < 1.29 is 24.6 Å². The number of anilines is 1. The van der Waals surface area contributed by atoms with Crippen molar-refractivity contribution >= 4 is 67.6 Å². The number of carbonyl (C=O) groups excluding carboxylic acids is 3. The molecule has 1 unspecified atom stereocenters. The van der Waals surface area contributed by atoms with Crippen molar-refractivity contribution in [2.45, 2.75) is 4.87 Å². The van der Waals surface area contributed by atoms with Crippen LogP contribution in [0.25, 0.3) is 5.76 Å². The van der Waals surface area contributed by atoms with E-state index >= 15 is 0 Å². The normalized spacial score (nSPS) is 22.0. The van der Waals surface area contributed by atoms with E-state index in [9.17, 15) is 24.6 Å². The van der Waals surface area contributed by atoms with Gasteiger partial charge in [0, 0.05) is 16.6 Å². The van der Waals surface area contributed by atoms with Crippen molar-refractivity contribution in [3.63, 3.8) is 0 Å². The van der Waals surface area contributed by atoms with Crippen LogP contribution in [0.1, 0.15) is 5.56 Å². The summed E-state index contributed by atoms with van der Waals surface area (Å²) >= 11 is 4.23. The molecule has 186 valence electrons. The number of amidine groups is 1. The van der Waals surface area contributed by atoms with Gasteiger partial charge in [-0.15, -0.1) is 0 Å². The molecule has 37 heavy (non-hydrogen) atoms. The standard InChI is InChI=1S/C27H20BrN3O5S/c28-18-13-11-17(12-14-18)22(33)21-23(34)24(35)30(15-16-32)27(21)25(36)31(20-9-5-2-6-10-20)26(37-27)29-19-7-3-1-4-8-19/h1-14,32-33H,15-16H2/b22-21-,29-26?. The van der Waals surface area contributed by atoms with E-state index in [2.05, 4.69) is 20.9 Å². The average molecular weight is 578 g/mol. The highest BCUT2D eigenvalue weighted by Crippen LogP contribution is 2.52. The van der Waals surface area contributed by atoms with Gasteiger partial charge in [0.15, 0.2) is 5.17 Å². The van der Waals surface area contributed by atoms with Gasteiger partial charge in [-0.2, -0.15) is 0 Å². The van der Waals surface area contributed by atoms with Crippen LogP contribution in [0.15, 0.2) is 100.0 Å². The molecule has 0 saturated carbocycles. The van der Waals surface area contributed by atoms with Crippen molar-refractivity contribution in [2.24, 2.45) is 4.99 Å². The highest BCUT2D eigenvalue weighted by atomic mass is 79.9. The molecule has 1 atom stereocenters. The number of likely N-dealkylation sites (tertiary alicyclic amines) is 1. The van der Waals surface area contributed by atoms with E-state index in [1.165, 1.54) is 4.90 Å². The Kier molecular flexibility index (Phi) is 6.72. The molecule has 3 aromatic carbocycles. The topological polar surface area (TPSA) is 111 Å². The summed E-state index contributed by atoms with van der Waals surface area (Å²) in [7, 11) is 0. The van der Waals surface area contributed by atoms with Crippen LogP contribution >= 0.6 is 27.7 Å². The van der Waals surface area contributed by atoms with Crippen LogP contribution in [0.3, 0.4) is 0 Å². The van der Waals surface area contributed by atoms with E-state index in [1.807, 2.05) is 6.07 Å². The first-order valence-corrected chi connectivity index (χ1v) is 12.9. The molecule has 2 heterocycles. The number of ketones is 1. The second-order valence-electron chi connectivity index (χ2n) is 8.19. The lowest BCUT2D eigenvalue weighted by atomic mass is 9.99. The number of hydrogen-bond donors (Lipinski definition) is 2. The van der Waals surface area contributed by atoms with Gasteiger partial charge in [-0.05, 0) is 48.2 Å². The quantitative estimate of drug-likeness (QED) is 0.266. The Morgan fingerprint density at radius 2 is 1.54 bits per heavy atom. The molecule has 0 aliphatic carbocycles. The molecule has 0 bridgehead atoms. The SMILES string of the molecule is O=C1C(=O)N(CCO)C2(SC(=Nc3ccccc3)N(c3ccccc3)C2=O)/C1=C(\O)c1ccc(Br)cc1. The number of nitrogens with zero attached hydrogens (tertiary/aromatic N) is 3. The first-order chi connectivity index (χ1) is 17.9. The molecule has 0 aromatic heterocycles. The number of Topliss-reactive ketones (excluding diaryl/α,β-unsaturated/α-hetero) is 1. The molecule has 3 aromatic rings. The maximum absolute atomic E-state index is 14.4. The number of thioether (sulfide) groups is 1. The summed E-state index contributed by atoms with van der Waals surface area (Å²) in [6, 6.07) is 24.2. The summed E-state index contributed by atoms with van der Waals surface area (Å²) in [5, 5.41) is 21.3. The summed E-state index contributed by atoms with van der Waals surface area (Å²) in [5.74, 6) is -3.13. The number of aliphatic hydroxyl groups excluding tert-OH is 2. The van der Waals surface area contributed by atoms with Crippen molar-refractivity contribution in [1.29, 1.82) is 0 Å². The number of hydrogen-bond acceptors (Lipinski definition) is 7. The molecular weight excluding hydrogens is 558 g/mol. The van der Waals surface area contributed by atoms with Gasteiger partial charge in [0.1, 0.15) is 5.76 Å². The first kappa shape index (κ1) is 24.9. The number of β-amino-alcohol motifs (C(OH)–C–C–N with tert-alkyl or cyclic N) is 1. The van der Waals surface area contributed by atoms with Gasteiger partial charge < -0.3 is 15.1 Å². The summed E-state index contributed by atoms with van der Waals surface area (Å²) in [6.07, 6.45) is 0. The highest BCUT2D eigenvalue weighted by molar-refractivity contribution is 9.10. The summed E-state index contributed by atoms with van der Waals surface area (Å²) in [4.78, 5) is 46.0. The van der Waals surface area contributed by atoms with Gasteiger partial charge in [0.2, 0.25) is 4.87 Å². The Balaban J connectivity index is 1.77. The summed E-state index contributed by atoms with van der Waals surface area (Å²) < 4.78 is 0.748. The predicted octanol–water partition coefficient (Wildman–Crippen LogP) is 4.29. The number of rotatable bonds is 5. The zero-order valence-electron chi connectivity index (χ0n) is 19.2. The molecule has 2 fully saturated rings. The zero-order chi connectivity index (χ0) is 26.2. The van der Waals surface area contributed by atoms with Gasteiger partial charge in [-0.25, -0.2) is 4.99 Å². The van der Waals surface area contributed by atoms with Gasteiger partial charge in [0.25, 0.3) is 17.6 Å². The molecule has 5 rings (SSSR count). The molecule has 1 spiro atoms. The number of amides is 2. The van der Waals surface area contributed by atoms with Crippen LogP contribution in [0.5, 0.6) is 0 Å². The smallest absolute Gasteiger partial charge is 0.296 e. The highest BCUT2D eigenvalue weighted by Gasteiger charge is 2.67. The fraction of sp³-hybridized carbons (Fsp3) is 0.111. The Bertz CT molecular complexity index is 1440. The minimum absolute atomic E-state index is 0.217. The fourth-order valence-electron chi connectivity index (χ4n) is 4.32. The van der Waals surface area contributed by atoms with E-state index in [4.69, 9.17) is 0 Å². The van der Waals surface area contributed by atoms with Crippen LogP contribution in [-0.4, -0.2) is 55.9 Å².